The number of Topliss-reactive ketones (excluding diaryl/α,β-unsaturated/α-hetero) is 1. The fourth-order valence-corrected chi connectivity index (χ4v) is 1.01. The van der Waals surface area contributed by atoms with Crippen LogP contribution < -0.4 is 0 Å². The van der Waals surface area contributed by atoms with Gasteiger partial charge in [0.05, 0.1) is 29.7 Å². The quantitative estimate of drug-likeness (QED) is 0.751. The summed E-state index contributed by atoms with van der Waals surface area (Å²) >= 11 is 0. The molecule has 1 N–H and O–H groups in total. The topological polar surface area (TPSA) is 55.0 Å². The standard InChI is InChI=1S/C10H16N2O2/c1-7(13)8-5-11-12-9(8)6-14-10(2,3)4/h5H,6H2,1-4H3,(H,11,12). The summed E-state index contributed by atoms with van der Waals surface area (Å²) in [7, 11) is 0. The lowest BCUT2D eigenvalue weighted by Gasteiger charge is -2.19. The maximum atomic E-state index is 11.1. The molecule has 0 bridgehead atoms. The fraction of sp³-hybridized carbons (Fsp3) is 0.600. The van der Waals surface area contributed by atoms with Gasteiger partial charge in [-0.25, -0.2) is 0 Å². The van der Waals surface area contributed by atoms with Crippen molar-refractivity contribution in [2.45, 2.75) is 39.9 Å². The van der Waals surface area contributed by atoms with Crippen LogP contribution in [-0.4, -0.2) is 21.6 Å². The maximum absolute atomic E-state index is 11.1. The minimum absolute atomic E-state index is 0.00580. The second kappa shape index (κ2) is 3.92. The van der Waals surface area contributed by atoms with Crippen LogP contribution in [-0.2, 0) is 11.3 Å². The first-order chi connectivity index (χ1) is 6.40. The summed E-state index contributed by atoms with van der Waals surface area (Å²) in [4.78, 5) is 11.1. The van der Waals surface area contributed by atoms with E-state index in [0.29, 0.717) is 12.2 Å². The monoisotopic (exact) mass is 196 g/mol. The zero-order valence-corrected chi connectivity index (χ0v) is 9.05. The van der Waals surface area contributed by atoms with Crippen molar-refractivity contribution in [3.63, 3.8) is 0 Å². The van der Waals surface area contributed by atoms with Crippen LogP contribution in [0.25, 0.3) is 0 Å². The molecule has 0 spiro atoms. The molecule has 0 aliphatic heterocycles. The van der Waals surface area contributed by atoms with Gasteiger partial charge in [0, 0.05) is 0 Å². The molecular formula is C10H16N2O2. The van der Waals surface area contributed by atoms with E-state index in [1.54, 1.807) is 0 Å². The number of rotatable bonds is 3. The molecule has 4 nitrogen and oxygen atoms in total. The molecule has 0 aliphatic rings. The van der Waals surface area contributed by atoms with Gasteiger partial charge in [0.2, 0.25) is 0 Å². The van der Waals surface area contributed by atoms with Crippen LogP contribution in [0.3, 0.4) is 0 Å². The summed E-state index contributed by atoms with van der Waals surface area (Å²) in [5.74, 6) is 0.00580. The molecule has 1 rings (SSSR count). The molecule has 0 radical (unpaired) electrons. The molecule has 14 heavy (non-hydrogen) atoms. The van der Waals surface area contributed by atoms with Crippen LogP contribution >= 0.6 is 0 Å². The molecule has 0 aliphatic carbocycles. The molecule has 0 fully saturated rings. The Kier molecular flexibility index (Phi) is 3.06. The first-order valence-electron chi connectivity index (χ1n) is 4.57. The van der Waals surface area contributed by atoms with Crippen LogP contribution in [0, 0.1) is 0 Å². The summed E-state index contributed by atoms with van der Waals surface area (Å²) in [6.07, 6.45) is 1.53. The Labute approximate surface area is 83.7 Å². The third-order valence-electron chi connectivity index (χ3n) is 1.75. The highest BCUT2D eigenvalue weighted by Gasteiger charge is 2.14. The van der Waals surface area contributed by atoms with Gasteiger partial charge in [0.1, 0.15) is 0 Å². The van der Waals surface area contributed by atoms with Gasteiger partial charge < -0.3 is 4.74 Å². The van der Waals surface area contributed by atoms with E-state index in [2.05, 4.69) is 10.2 Å². The molecule has 1 heterocycles. The molecule has 0 saturated carbocycles. The van der Waals surface area contributed by atoms with Crippen molar-refractivity contribution in [1.82, 2.24) is 10.2 Å². The van der Waals surface area contributed by atoms with E-state index in [4.69, 9.17) is 4.74 Å². The highest BCUT2D eigenvalue weighted by Crippen LogP contribution is 2.13. The molecule has 0 atom stereocenters. The molecular weight excluding hydrogens is 180 g/mol. The molecule has 0 saturated heterocycles. The highest BCUT2D eigenvalue weighted by atomic mass is 16.5. The summed E-state index contributed by atoms with van der Waals surface area (Å²) in [6.45, 7) is 7.81. The number of aromatic nitrogens is 2. The Balaban J connectivity index is 2.68. The first-order valence-corrected chi connectivity index (χ1v) is 4.57. The number of ether oxygens (including phenoxy) is 1. The van der Waals surface area contributed by atoms with Crippen molar-refractivity contribution >= 4 is 5.78 Å². The molecule has 78 valence electrons. The van der Waals surface area contributed by atoms with Crippen molar-refractivity contribution in [2.24, 2.45) is 0 Å². The molecule has 0 amide bonds. The Hall–Kier alpha value is -1.16. The Morgan fingerprint density at radius 1 is 1.57 bits per heavy atom. The Morgan fingerprint density at radius 3 is 2.71 bits per heavy atom. The van der Waals surface area contributed by atoms with Crippen LogP contribution in [0.4, 0.5) is 0 Å². The van der Waals surface area contributed by atoms with Gasteiger partial charge in [0.15, 0.2) is 5.78 Å². The number of hydrogen-bond acceptors (Lipinski definition) is 3. The number of hydrogen-bond donors (Lipinski definition) is 1. The number of H-pyrrole nitrogens is 1. The number of nitrogens with one attached hydrogen (secondary N) is 1. The lowest BCUT2D eigenvalue weighted by atomic mass is 10.1. The Bertz CT molecular complexity index is 323. The summed E-state index contributed by atoms with van der Waals surface area (Å²) < 4.78 is 5.54. The Morgan fingerprint density at radius 2 is 2.21 bits per heavy atom. The van der Waals surface area contributed by atoms with Gasteiger partial charge in [-0.3, -0.25) is 9.89 Å². The second-order valence-electron chi connectivity index (χ2n) is 4.22. The molecule has 0 aromatic carbocycles. The van der Waals surface area contributed by atoms with Crippen molar-refractivity contribution in [3.05, 3.63) is 17.5 Å². The zero-order chi connectivity index (χ0) is 10.8. The highest BCUT2D eigenvalue weighted by molar-refractivity contribution is 5.94. The minimum atomic E-state index is -0.209. The van der Waals surface area contributed by atoms with Crippen molar-refractivity contribution in [3.8, 4) is 0 Å². The first kappa shape index (κ1) is 10.9. The number of carbonyl (C=O) groups excluding carboxylic acids is 1. The van der Waals surface area contributed by atoms with Crippen LogP contribution in [0.15, 0.2) is 6.20 Å². The van der Waals surface area contributed by atoms with Gasteiger partial charge in [-0.15, -0.1) is 0 Å². The SMILES string of the molecule is CC(=O)c1cn[nH]c1COC(C)(C)C. The van der Waals surface area contributed by atoms with E-state index in [9.17, 15) is 4.79 Å². The van der Waals surface area contributed by atoms with Crippen LogP contribution in [0.5, 0.6) is 0 Å². The lowest BCUT2D eigenvalue weighted by molar-refractivity contribution is -0.0167. The van der Waals surface area contributed by atoms with Crippen molar-refractivity contribution in [2.75, 3.05) is 0 Å². The molecule has 1 aromatic heterocycles. The normalized spacial score (nSPS) is 11.7. The predicted octanol–water partition coefficient (Wildman–Crippen LogP) is 1.93. The van der Waals surface area contributed by atoms with E-state index in [0.717, 1.165) is 5.69 Å². The number of nitrogens with zero attached hydrogens (tertiary/aromatic N) is 1. The zero-order valence-electron chi connectivity index (χ0n) is 9.05. The van der Waals surface area contributed by atoms with Gasteiger partial charge in [0.25, 0.3) is 0 Å². The average Bonchev–Trinajstić information content (AvgIpc) is 2.46. The van der Waals surface area contributed by atoms with E-state index in [-0.39, 0.29) is 11.4 Å². The maximum Gasteiger partial charge on any atom is 0.163 e. The van der Waals surface area contributed by atoms with Crippen LogP contribution in [0.1, 0.15) is 43.7 Å². The number of aromatic amines is 1. The van der Waals surface area contributed by atoms with Gasteiger partial charge >= 0.3 is 0 Å². The summed E-state index contributed by atoms with van der Waals surface area (Å²) in [5.41, 5.74) is 1.14. The third kappa shape index (κ3) is 2.96. The van der Waals surface area contributed by atoms with Crippen molar-refractivity contribution in [1.29, 1.82) is 0 Å². The lowest BCUT2D eigenvalue weighted by Crippen LogP contribution is -2.19. The van der Waals surface area contributed by atoms with Gasteiger partial charge in [-0.05, 0) is 27.7 Å². The number of carbonyl (C=O) groups is 1. The van der Waals surface area contributed by atoms with E-state index >= 15 is 0 Å². The largest absolute Gasteiger partial charge is 0.370 e. The van der Waals surface area contributed by atoms with Crippen LogP contribution in [0.2, 0.25) is 0 Å². The summed E-state index contributed by atoms with van der Waals surface area (Å²) in [5, 5.41) is 6.58. The fourth-order valence-electron chi connectivity index (χ4n) is 1.01. The van der Waals surface area contributed by atoms with Crippen molar-refractivity contribution < 1.29 is 9.53 Å². The molecule has 4 heteroatoms. The summed E-state index contributed by atoms with van der Waals surface area (Å²) in [6, 6.07) is 0. The van der Waals surface area contributed by atoms with E-state index in [1.165, 1.54) is 13.1 Å². The van der Waals surface area contributed by atoms with Gasteiger partial charge in [-0.1, -0.05) is 0 Å². The number of ketones is 1. The van der Waals surface area contributed by atoms with E-state index in [1.807, 2.05) is 20.8 Å². The third-order valence-corrected chi connectivity index (χ3v) is 1.75. The van der Waals surface area contributed by atoms with Gasteiger partial charge in [-0.2, -0.15) is 5.10 Å². The minimum Gasteiger partial charge on any atom is -0.370 e. The smallest absolute Gasteiger partial charge is 0.163 e. The average molecular weight is 196 g/mol. The molecule has 0 unspecified atom stereocenters. The molecule has 1 aromatic rings. The second-order valence-corrected chi connectivity index (χ2v) is 4.22. The predicted molar refractivity (Wildman–Crippen MR) is 53.1 cm³/mol. The van der Waals surface area contributed by atoms with E-state index < -0.39 is 0 Å².